The van der Waals surface area contributed by atoms with Crippen LogP contribution in [0.5, 0.6) is 0 Å². The third-order valence-electron chi connectivity index (χ3n) is 5.01. The standard InChI is InChI=1S/C23H28ClN3OS2.ClH/c1-4-26(5-2)13-14-27(23-25-20-11-8-18(24)16-21(20)30-23)22(28)12-15-29-19-9-6-17(3)7-10-19;/h6-11,16H,4-5,12-15H2,1-3H3;1H. The van der Waals surface area contributed by atoms with Crippen molar-refractivity contribution in [1.82, 2.24) is 9.88 Å². The molecule has 0 aliphatic carbocycles. The number of fused-ring (bicyclic) bond motifs is 1. The maximum atomic E-state index is 13.2. The number of halogens is 2. The topological polar surface area (TPSA) is 36.4 Å². The lowest BCUT2D eigenvalue weighted by atomic mass is 10.2. The predicted octanol–water partition coefficient (Wildman–Crippen LogP) is 6.54. The third-order valence-corrected chi connectivity index (χ3v) is 7.30. The molecular formula is C23H29Cl2N3OS2. The number of nitrogens with zero attached hydrogens (tertiary/aromatic N) is 3. The van der Waals surface area contributed by atoms with E-state index in [2.05, 4.69) is 49.9 Å². The molecule has 1 heterocycles. The van der Waals surface area contributed by atoms with Crippen LogP contribution in [0.1, 0.15) is 25.8 Å². The molecule has 3 aromatic rings. The van der Waals surface area contributed by atoms with Crippen LogP contribution in [0.3, 0.4) is 0 Å². The molecule has 31 heavy (non-hydrogen) atoms. The van der Waals surface area contributed by atoms with Crippen LogP contribution >= 0.6 is 47.1 Å². The molecule has 0 N–H and O–H groups in total. The molecule has 0 bridgehead atoms. The van der Waals surface area contributed by atoms with Gasteiger partial charge in [-0.05, 0) is 50.3 Å². The zero-order valence-electron chi connectivity index (χ0n) is 18.1. The Morgan fingerprint density at radius 2 is 1.81 bits per heavy atom. The fraction of sp³-hybridized carbons (Fsp3) is 0.391. The number of thioether (sulfide) groups is 1. The average Bonchev–Trinajstić information content (AvgIpc) is 3.15. The highest BCUT2D eigenvalue weighted by atomic mass is 35.5. The first-order valence-electron chi connectivity index (χ1n) is 10.3. The van der Waals surface area contributed by atoms with E-state index in [0.29, 0.717) is 18.0 Å². The quantitative estimate of drug-likeness (QED) is 0.298. The van der Waals surface area contributed by atoms with E-state index in [0.717, 1.165) is 40.7 Å². The molecule has 3 rings (SSSR count). The Balaban J connectivity index is 0.00000341. The Kier molecular flexibility index (Phi) is 10.6. The van der Waals surface area contributed by atoms with Crippen LogP contribution in [-0.4, -0.2) is 47.7 Å². The zero-order valence-corrected chi connectivity index (χ0v) is 21.3. The lowest BCUT2D eigenvalue weighted by Crippen LogP contribution is -2.39. The number of aromatic nitrogens is 1. The Morgan fingerprint density at radius 3 is 2.48 bits per heavy atom. The van der Waals surface area contributed by atoms with Crippen LogP contribution in [0.15, 0.2) is 47.4 Å². The van der Waals surface area contributed by atoms with Crippen LogP contribution in [0.25, 0.3) is 10.2 Å². The molecule has 8 heteroatoms. The molecule has 4 nitrogen and oxygen atoms in total. The summed E-state index contributed by atoms with van der Waals surface area (Å²) in [6.07, 6.45) is 0.480. The summed E-state index contributed by atoms with van der Waals surface area (Å²) < 4.78 is 1.01. The fourth-order valence-corrected chi connectivity index (χ4v) is 5.26. The number of hydrogen-bond acceptors (Lipinski definition) is 5. The number of thiazole rings is 1. The highest BCUT2D eigenvalue weighted by molar-refractivity contribution is 7.99. The Bertz CT molecular complexity index is 975. The van der Waals surface area contributed by atoms with E-state index in [4.69, 9.17) is 16.6 Å². The lowest BCUT2D eigenvalue weighted by Gasteiger charge is -2.24. The second kappa shape index (κ2) is 12.7. The second-order valence-corrected chi connectivity index (χ2v) is 9.71. The number of aryl methyl sites for hydroxylation is 1. The Labute approximate surface area is 204 Å². The largest absolute Gasteiger partial charge is 0.302 e. The summed E-state index contributed by atoms with van der Waals surface area (Å²) >= 11 is 9.38. The normalized spacial score (nSPS) is 11.0. The van der Waals surface area contributed by atoms with Crippen molar-refractivity contribution < 1.29 is 4.79 Å². The first-order valence-corrected chi connectivity index (χ1v) is 12.5. The van der Waals surface area contributed by atoms with E-state index in [-0.39, 0.29) is 18.3 Å². The first-order chi connectivity index (χ1) is 14.5. The maximum Gasteiger partial charge on any atom is 0.229 e. The number of anilines is 1. The number of likely N-dealkylation sites (N-methyl/N-ethyl adjacent to an activating group) is 1. The van der Waals surface area contributed by atoms with Gasteiger partial charge in [-0.2, -0.15) is 0 Å². The van der Waals surface area contributed by atoms with Gasteiger partial charge < -0.3 is 4.90 Å². The van der Waals surface area contributed by atoms with Gasteiger partial charge in [-0.1, -0.05) is 54.5 Å². The molecule has 168 valence electrons. The summed E-state index contributed by atoms with van der Waals surface area (Å²) in [5.41, 5.74) is 2.13. The van der Waals surface area contributed by atoms with Crippen molar-refractivity contribution in [1.29, 1.82) is 0 Å². The maximum absolute atomic E-state index is 13.2. The smallest absolute Gasteiger partial charge is 0.229 e. The monoisotopic (exact) mass is 497 g/mol. The number of rotatable bonds is 10. The van der Waals surface area contributed by atoms with Crippen LogP contribution in [0, 0.1) is 6.92 Å². The second-order valence-electron chi connectivity index (χ2n) is 7.09. The van der Waals surface area contributed by atoms with Gasteiger partial charge in [-0.25, -0.2) is 4.98 Å². The van der Waals surface area contributed by atoms with Gasteiger partial charge in [0.25, 0.3) is 0 Å². The molecule has 0 saturated heterocycles. The summed E-state index contributed by atoms with van der Waals surface area (Å²) in [5.74, 6) is 0.868. The van der Waals surface area contributed by atoms with E-state index in [9.17, 15) is 4.79 Å². The van der Waals surface area contributed by atoms with Crippen LogP contribution in [0.4, 0.5) is 5.13 Å². The van der Waals surface area contributed by atoms with Crippen molar-refractivity contribution in [3.8, 4) is 0 Å². The van der Waals surface area contributed by atoms with Gasteiger partial charge in [0, 0.05) is 35.2 Å². The van der Waals surface area contributed by atoms with Gasteiger partial charge in [0.1, 0.15) is 0 Å². The van der Waals surface area contributed by atoms with Crippen molar-refractivity contribution in [2.45, 2.75) is 32.1 Å². The molecule has 0 atom stereocenters. The minimum absolute atomic E-state index is 0. The van der Waals surface area contributed by atoms with Crippen molar-refractivity contribution in [3.63, 3.8) is 0 Å². The third kappa shape index (κ3) is 7.36. The molecule has 0 aliphatic heterocycles. The molecule has 0 aliphatic rings. The molecule has 0 spiro atoms. The van der Waals surface area contributed by atoms with E-state index >= 15 is 0 Å². The first kappa shape index (κ1) is 25.9. The van der Waals surface area contributed by atoms with E-state index in [1.165, 1.54) is 21.8 Å². The molecule has 0 radical (unpaired) electrons. The molecule has 1 amide bonds. The molecule has 0 saturated carbocycles. The molecule has 1 aromatic heterocycles. The van der Waals surface area contributed by atoms with Gasteiger partial charge in [0.15, 0.2) is 5.13 Å². The average molecular weight is 499 g/mol. The van der Waals surface area contributed by atoms with Crippen molar-refractivity contribution in [2.24, 2.45) is 0 Å². The summed E-state index contributed by atoms with van der Waals surface area (Å²) in [6, 6.07) is 14.1. The molecule has 0 fully saturated rings. The van der Waals surface area contributed by atoms with Crippen molar-refractivity contribution in [2.75, 3.05) is 36.8 Å². The minimum atomic E-state index is 0. The number of carbonyl (C=O) groups excluding carboxylic acids is 1. The van der Waals surface area contributed by atoms with Gasteiger partial charge in [-0.3, -0.25) is 9.69 Å². The number of carbonyl (C=O) groups is 1. The van der Waals surface area contributed by atoms with Crippen LogP contribution in [-0.2, 0) is 4.79 Å². The Hall–Kier alpha value is -1.31. The number of amides is 1. The number of hydrogen-bond donors (Lipinski definition) is 0. The summed E-state index contributed by atoms with van der Waals surface area (Å²) in [6.45, 7) is 9.79. The van der Waals surface area contributed by atoms with Crippen molar-refractivity contribution >= 4 is 68.4 Å². The van der Waals surface area contributed by atoms with E-state index in [1.807, 2.05) is 23.1 Å². The zero-order chi connectivity index (χ0) is 21.5. The Morgan fingerprint density at radius 1 is 1.10 bits per heavy atom. The van der Waals surface area contributed by atoms with Gasteiger partial charge in [0.05, 0.1) is 10.2 Å². The SMILES string of the molecule is CCN(CC)CCN(C(=O)CCSc1ccc(C)cc1)c1nc2ccc(Cl)cc2s1.Cl. The molecular weight excluding hydrogens is 469 g/mol. The van der Waals surface area contributed by atoms with Gasteiger partial charge in [-0.15, -0.1) is 24.2 Å². The van der Waals surface area contributed by atoms with Crippen LogP contribution < -0.4 is 4.90 Å². The molecule has 2 aromatic carbocycles. The van der Waals surface area contributed by atoms with Crippen molar-refractivity contribution in [3.05, 3.63) is 53.1 Å². The predicted molar refractivity (Wildman–Crippen MR) is 139 cm³/mol. The number of benzene rings is 2. The van der Waals surface area contributed by atoms with Gasteiger partial charge >= 0.3 is 0 Å². The lowest BCUT2D eigenvalue weighted by molar-refractivity contribution is -0.118. The summed E-state index contributed by atoms with van der Waals surface area (Å²) in [7, 11) is 0. The molecule has 0 unspecified atom stereocenters. The van der Waals surface area contributed by atoms with E-state index in [1.54, 1.807) is 11.8 Å². The highest BCUT2D eigenvalue weighted by Crippen LogP contribution is 2.31. The summed E-state index contributed by atoms with van der Waals surface area (Å²) in [5, 5.41) is 1.44. The van der Waals surface area contributed by atoms with E-state index < -0.39 is 0 Å². The highest BCUT2D eigenvalue weighted by Gasteiger charge is 2.20. The fourth-order valence-electron chi connectivity index (χ4n) is 3.14. The van der Waals surface area contributed by atoms with Crippen LogP contribution in [0.2, 0.25) is 5.02 Å². The minimum Gasteiger partial charge on any atom is -0.302 e. The van der Waals surface area contributed by atoms with Gasteiger partial charge in [0.2, 0.25) is 5.91 Å². The summed E-state index contributed by atoms with van der Waals surface area (Å²) in [4.78, 5) is 23.2.